The molecule has 108 valence electrons. The maximum Gasteiger partial charge on any atom is 0.264 e. The van der Waals surface area contributed by atoms with Gasteiger partial charge in [0, 0.05) is 11.6 Å². The number of aromatic nitrogens is 1. The Morgan fingerprint density at radius 1 is 1.35 bits per heavy atom. The summed E-state index contributed by atoms with van der Waals surface area (Å²) in [6.07, 6.45) is 0. The Bertz CT molecular complexity index is 737. The minimum absolute atomic E-state index is 0.0250. The molecule has 2 aromatic rings. The third-order valence-corrected chi connectivity index (χ3v) is 4.23. The van der Waals surface area contributed by atoms with Crippen molar-refractivity contribution < 1.29 is 17.7 Å². The first kappa shape index (κ1) is 14.2. The number of nitrogens with zero attached hydrogens (tertiary/aromatic N) is 1. The minimum Gasteiger partial charge on any atom is -0.495 e. The number of nitrogen functional groups attached to an aromatic ring is 1. The number of nitrogens with one attached hydrogen (secondary N) is 1. The van der Waals surface area contributed by atoms with Crippen LogP contribution in [-0.4, -0.2) is 20.7 Å². The molecule has 1 aromatic heterocycles. The van der Waals surface area contributed by atoms with Crippen molar-refractivity contribution in [2.45, 2.75) is 18.7 Å². The summed E-state index contributed by atoms with van der Waals surface area (Å²) in [6.45, 7) is 3.44. The number of ether oxygens (including phenoxy) is 1. The smallest absolute Gasteiger partial charge is 0.264 e. The van der Waals surface area contributed by atoms with Crippen molar-refractivity contribution in [1.82, 2.24) is 5.16 Å². The fourth-order valence-corrected chi connectivity index (χ4v) is 2.61. The van der Waals surface area contributed by atoms with Crippen molar-refractivity contribution in [3.8, 4) is 5.75 Å². The first-order chi connectivity index (χ1) is 9.35. The van der Waals surface area contributed by atoms with Crippen LogP contribution in [-0.2, 0) is 10.0 Å². The Morgan fingerprint density at radius 2 is 2.05 bits per heavy atom. The van der Waals surface area contributed by atoms with Gasteiger partial charge in [0.25, 0.3) is 10.0 Å². The number of rotatable bonds is 4. The molecule has 0 saturated carbocycles. The van der Waals surface area contributed by atoms with Gasteiger partial charge in [-0.25, -0.2) is 13.1 Å². The van der Waals surface area contributed by atoms with Crippen LogP contribution in [0.15, 0.2) is 27.6 Å². The lowest BCUT2D eigenvalue weighted by Crippen LogP contribution is -2.13. The highest BCUT2D eigenvalue weighted by atomic mass is 32.2. The lowest BCUT2D eigenvalue weighted by Gasteiger charge is -2.09. The highest BCUT2D eigenvalue weighted by Gasteiger charge is 2.20. The van der Waals surface area contributed by atoms with Gasteiger partial charge in [0.1, 0.15) is 5.75 Å². The number of methoxy groups -OCH3 is 1. The Labute approximate surface area is 116 Å². The van der Waals surface area contributed by atoms with Gasteiger partial charge in [-0.2, -0.15) is 0 Å². The van der Waals surface area contributed by atoms with Crippen LogP contribution in [0.4, 0.5) is 11.6 Å². The number of aryl methyl sites for hydroxylation is 1. The van der Waals surface area contributed by atoms with Gasteiger partial charge in [-0.1, -0.05) is 5.16 Å². The van der Waals surface area contributed by atoms with Crippen LogP contribution in [0.1, 0.15) is 11.3 Å². The molecule has 0 amide bonds. The highest BCUT2D eigenvalue weighted by Crippen LogP contribution is 2.27. The summed E-state index contributed by atoms with van der Waals surface area (Å²) in [6, 6.07) is 4.20. The first-order valence-corrected chi connectivity index (χ1v) is 7.22. The summed E-state index contributed by atoms with van der Waals surface area (Å²) < 4.78 is 36.8. The monoisotopic (exact) mass is 297 g/mol. The number of sulfonamides is 1. The molecule has 0 atom stereocenters. The molecule has 20 heavy (non-hydrogen) atoms. The molecule has 0 radical (unpaired) electrons. The molecule has 0 spiro atoms. The van der Waals surface area contributed by atoms with E-state index in [1.54, 1.807) is 13.8 Å². The van der Waals surface area contributed by atoms with Gasteiger partial charge in [0.2, 0.25) is 5.88 Å². The van der Waals surface area contributed by atoms with Crippen molar-refractivity contribution in [3.63, 3.8) is 0 Å². The van der Waals surface area contributed by atoms with Crippen LogP contribution in [0.3, 0.4) is 0 Å². The number of nitrogens with two attached hydrogens (primary N) is 1. The second-order valence-electron chi connectivity index (χ2n) is 4.23. The molecule has 1 heterocycles. The van der Waals surface area contributed by atoms with E-state index in [9.17, 15) is 8.42 Å². The third-order valence-electron chi connectivity index (χ3n) is 2.90. The lowest BCUT2D eigenvalue weighted by atomic mass is 10.3. The summed E-state index contributed by atoms with van der Waals surface area (Å²) in [5.74, 6) is 0.386. The van der Waals surface area contributed by atoms with Crippen LogP contribution in [0.2, 0.25) is 0 Å². The molecule has 3 N–H and O–H groups in total. The molecule has 0 aliphatic rings. The quantitative estimate of drug-likeness (QED) is 0.831. The van der Waals surface area contributed by atoms with Gasteiger partial charge in [-0.15, -0.1) is 0 Å². The second kappa shape index (κ2) is 5.04. The normalized spacial score (nSPS) is 11.3. The van der Waals surface area contributed by atoms with Crippen molar-refractivity contribution in [1.29, 1.82) is 0 Å². The number of hydrogen-bond acceptors (Lipinski definition) is 6. The molecular formula is C12H15N3O4S. The number of benzene rings is 1. The van der Waals surface area contributed by atoms with Crippen LogP contribution in [0.25, 0.3) is 0 Å². The maximum atomic E-state index is 12.2. The molecule has 0 fully saturated rings. The summed E-state index contributed by atoms with van der Waals surface area (Å²) in [5.41, 5.74) is 7.27. The van der Waals surface area contributed by atoms with Crippen LogP contribution < -0.4 is 15.2 Å². The SMILES string of the molecule is COc1cc(S(=O)(=O)Nc2onc(C)c2C)ccc1N. The van der Waals surface area contributed by atoms with E-state index in [2.05, 4.69) is 9.88 Å². The molecule has 7 nitrogen and oxygen atoms in total. The predicted molar refractivity (Wildman–Crippen MR) is 74.2 cm³/mol. The van der Waals surface area contributed by atoms with Crippen molar-refractivity contribution in [2.24, 2.45) is 0 Å². The Hall–Kier alpha value is -2.22. The average Bonchev–Trinajstić information content (AvgIpc) is 2.70. The topological polar surface area (TPSA) is 107 Å². The summed E-state index contributed by atoms with van der Waals surface area (Å²) in [7, 11) is -2.38. The van der Waals surface area contributed by atoms with Crippen molar-refractivity contribution in [2.75, 3.05) is 17.6 Å². The first-order valence-electron chi connectivity index (χ1n) is 5.74. The van der Waals surface area contributed by atoms with E-state index in [4.69, 9.17) is 15.0 Å². The van der Waals surface area contributed by atoms with E-state index in [0.717, 1.165) is 0 Å². The van der Waals surface area contributed by atoms with Crippen LogP contribution >= 0.6 is 0 Å². The zero-order valence-electron chi connectivity index (χ0n) is 11.3. The van der Waals surface area contributed by atoms with E-state index in [-0.39, 0.29) is 10.8 Å². The predicted octanol–water partition coefficient (Wildman–Crippen LogP) is 1.68. The van der Waals surface area contributed by atoms with E-state index >= 15 is 0 Å². The van der Waals surface area contributed by atoms with Gasteiger partial charge >= 0.3 is 0 Å². The van der Waals surface area contributed by atoms with Crippen molar-refractivity contribution in [3.05, 3.63) is 29.5 Å². The highest BCUT2D eigenvalue weighted by molar-refractivity contribution is 7.92. The molecule has 8 heteroatoms. The molecule has 0 unspecified atom stereocenters. The maximum absolute atomic E-state index is 12.2. The molecule has 1 aromatic carbocycles. The minimum atomic E-state index is -3.79. The number of hydrogen-bond donors (Lipinski definition) is 2. The summed E-state index contributed by atoms with van der Waals surface area (Å²) in [4.78, 5) is 0.0250. The second-order valence-corrected chi connectivity index (χ2v) is 5.91. The third kappa shape index (κ3) is 2.55. The average molecular weight is 297 g/mol. The van der Waals surface area contributed by atoms with E-state index in [1.807, 2.05) is 0 Å². The Morgan fingerprint density at radius 3 is 2.60 bits per heavy atom. The fraction of sp³-hybridized carbons (Fsp3) is 0.250. The molecule has 0 aliphatic heterocycles. The lowest BCUT2D eigenvalue weighted by molar-refractivity contribution is 0.415. The van der Waals surface area contributed by atoms with E-state index < -0.39 is 10.0 Å². The molecule has 0 aliphatic carbocycles. The van der Waals surface area contributed by atoms with Crippen LogP contribution in [0.5, 0.6) is 5.75 Å². The fourth-order valence-electron chi connectivity index (χ4n) is 1.55. The van der Waals surface area contributed by atoms with Gasteiger partial charge in [0.15, 0.2) is 0 Å². The zero-order chi connectivity index (χ0) is 14.9. The van der Waals surface area contributed by atoms with Gasteiger partial charge in [0.05, 0.1) is 23.4 Å². The Kier molecular flexibility index (Phi) is 3.58. The van der Waals surface area contributed by atoms with Gasteiger partial charge in [-0.3, -0.25) is 0 Å². The standard InChI is InChI=1S/C12H15N3O4S/c1-7-8(2)14-19-12(7)15-20(16,17)9-4-5-10(13)11(6-9)18-3/h4-6,15H,13H2,1-3H3. The summed E-state index contributed by atoms with van der Waals surface area (Å²) >= 11 is 0. The molecule has 2 rings (SSSR count). The molecular weight excluding hydrogens is 282 g/mol. The number of anilines is 2. The molecule has 0 bridgehead atoms. The summed E-state index contributed by atoms with van der Waals surface area (Å²) in [5, 5.41) is 3.70. The molecule has 0 saturated heterocycles. The van der Waals surface area contributed by atoms with E-state index in [0.29, 0.717) is 22.7 Å². The van der Waals surface area contributed by atoms with Gasteiger partial charge in [-0.05, 0) is 26.0 Å². The van der Waals surface area contributed by atoms with E-state index in [1.165, 1.54) is 25.3 Å². The van der Waals surface area contributed by atoms with Crippen LogP contribution in [0, 0.1) is 13.8 Å². The zero-order valence-corrected chi connectivity index (χ0v) is 12.1. The van der Waals surface area contributed by atoms with Crippen molar-refractivity contribution >= 4 is 21.6 Å². The largest absolute Gasteiger partial charge is 0.495 e. The Balaban J connectivity index is 2.38. The van der Waals surface area contributed by atoms with Gasteiger partial charge < -0.3 is 15.0 Å².